The summed E-state index contributed by atoms with van der Waals surface area (Å²) in [5.74, 6) is 0. The molecule has 0 aliphatic heterocycles. The Bertz CT molecular complexity index is 6.00. The summed E-state index contributed by atoms with van der Waals surface area (Å²) in [5, 5.41) is 12.0. The van der Waals surface area contributed by atoms with Gasteiger partial charge >= 0.3 is 29.6 Å². The van der Waals surface area contributed by atoms with Crippen LogP contribution < -0.4 is 0 Å². The Kier molecular flexibility index (Phi) is 132. The Morgan fingerprint density at radius 1 is 1.00 bits per heavy atom. The van der Waals surface area contributed by atoms with E-state index in [2.05, 4.69) is 0 Å². The summed E-state index contributed by atoms with van der Waals surface area (Å²) in [4.78, 5) is 0. The molecule has 0 unspecified atom stereocenters. The maximum absolute atomic E-state index is 6.00. The van der Waals surface area contributed by atoms with Gasteiger partial charge in [-0.3, -0.25) is 10.5 Å². The molecule has 0 spiro atoms. The Hall–Kier alpha value is 1.27. The van der Waals surface area contributed by atoms with E-state index >= 15 is 0 Å². The first-order valence-corrected chi connectivity index (χ1v) is 0.200. The second kappa shape index (κ2) is 28.3. The van der Waals surface area contributed by atoms with E-state index in [-0.39, 0.29) is 43.1 Å². The first-order valence-electron chi connectivity index (χ1n) is 0.200. The van der Waals surface area contributed by atoms with E-state index in [0.29, 0.717) is 0 Å². The molecule has 0 fully saturated rings. The van der Waals surface area contributed by atoms with E-state index < -0.39 is 0 Å². The van der Waals surface area contributed by atoms with Crippen molar-refractivity contribution in [1.29, 1.82) is 0 Å². The van der Waals surface area contributed by atoms with E-state index in [0.717, 1.165) is 0 Å². The van der Waals surface area contributed by atoms with Crippen LogP contribution in [-0.4, -0.2) is 40.1 Å². The third-order valence-corrected chi connectivity index (χ3v) is 0. The quantitative estimate of drug-likeness (QED) is 0.240. The van der Waals surface area contributed by atoms with Gasteiger partial charge in [0.1, 0.15) is 0 Å². The predicted octanol–water partition coefficient (Wildman–Crippen LogP) is -0.518. The van der Waals surface area contributed by atoms with Gasteiger partial charge in [-0.1, -0.05) is 0 Å². The fourth-order valence-corrected chi connectivity index (χ4v) is 0. The molecule has 0 aromatic rings. The topological polar surface area (TPSA) is 40.5 Å². The van der Waals surface area contributed by atoms with Crippen molar-refractivity contribution in [3.05, 3.63) is 0 Å². The van der Waals surface area contributed by atoms with Crippen LogP contribution >= 0.6 is 13.5 Å². The van der Waals surface area contributed by atoms with Crippen molar-refractivity contribution in [2.75, 3.05) is 0 Å². The van der Waals surface area contributed by atoms with Crippen LogP contribution in [0.25, 0.3) is 0 Å². The third-order valence-electron chi connectivity index (χ3n) is 0. The van der Waals surface area contributed by atoms with Crippen LogP contribution in [0, 0.1) is 0 Å². The van der Waals surface area contributed by atoms with Crippen molar-refractivity contribution in [3.8, 4) is 0 Å². The Labute approximate surface area is 53.5 Å². The molecule has 2 nitrogen and oxygen atoms in total. The molecule has 2 N–H and O–H groups in total. The first kappa shape index (κ1) is 18.6. The average molecular weight is 92.1 g/mol. The minimum atomic E-state index is 0. The zero-order chi connectivity index (χ0) is 2.00. The van der Waals surface area contributed by atoms with Crippen LogP contribution in [0.3, 0.4) is 0 Å². The summed E-state index contributed by atoms with van der Waals surface area (Å²) in [6.07, 6.45) is 0. The predicted molar refractivity (Wildman–Crippen MR) is 22.8 cm³/mol. The summed E-state index contributed by atoms with van der Waals surface area (Å²) in [6.45, 7) is 0. The molecule has 0 heterocycles. The molecular weight excluding hydrogens is 87.1 g/mol. The van der Waals surface area contributed by atoms with Crippen LogP contribution in [0.15, 0.2) is 0 Å². The molecule has 0 saturated heterocycles. The molecule has 0 aromatic carbocycles. The van der Waals surface area contributed by atoms with Gasteiger partial charge in [0.15, 0.2) is 0 Å². The second-order valence-corrected chi connectivity index (χ2v) is 0. The van der Waals surface area contributed by atoms with Gasteiger partial charge < -0.3 is 0 Å². The standard InChI is InChI=1S/Na.H2O2.H2S.H/c;1-2;;/h;1-2H;1H2;. The summed E-state index contributed by atoms with van der Waals surface area (Å²) in [5.41, 5.74) is 0. The minimum absolute atomic E-state index is 0. The number of rotatable bonds is 0. The van der Waals surface area contributed by atoms with Gasteiger partial charge in [0, 0.05) is 0 Å². The summed E-state index contributed by atoms with van der Waals surface area (Å²) in [7, 11) is 0. The van der Waals surface area contributed by atoms with E-state index in [1.807, 2.05) is 0 Å². The molecule has 4 heavy (non-hydrogen) atoms. The SMILES string of the molecule is OO.S.[NaH]. The van der Waals surface area contributed by atoms with Crippen molar-refractivity contribution in [3.63, 3.8) is 0 Å². The molecule has 4 heteroatoms. The molecule has 0 saturated carbocycles. The van der Waals surface area contributed by atoms with Gasteiger partial charge in [-0.25, -0.2) is 0 Å². The molecule has 0 bridgehead atoms. The summed E-state index contributed by atoms with van der Waals surface area (Å²) < 4.78 is 0. The first-order chi connectivity index (χ1) is 1.00. The van der Waals surface area contributed by atoms with Gasteiger partial charge in [0.25, 0.3) is 0 Å². The molecular formula is H5NaO2S. The van der Waals surface area contributed by atoms with Gasteiger partial charge in [0.2, 0.25) is 0 Å². The fourth-order valence-electron chi connectivity index (χ4n) is 0. The number of hydrogen-bond acceptors (Lipinski definition) is 2. The second-order valence-electron chi connectivity index (χ2n) is 0. The van der Waals surface area contributed by atoms with E-state index in [1.54, 1.807) is 0 Å². The van der Waals surface area contributed by atoms with E-state index in [9.17, 15) is 0 Å². The van der Waals surface area contributed by atoms with Gasteiger partial charge in [0.05, 0.1) is 0 Å². The molecule has 0 radical (unpaired) electrons. The van der Waals surface area contributed by atoms with E-state index in [4.69, 9.17) is 10.5 Å². The van der Waals surface area contributed by atoms with Crippen LogP contribution in [0.5, 0.6) is 0 Å². The molecule has 0 rings (SSSR count). The van der Waals surface area contributed by atoms with Crippen molar-refractivity contribution >= 4 is 43.1 Å². The zero-order valence-corrected chi connectivity index (χ0v) is 2.39. The molecule has 0 aliphatic carbocycles. The zero-order valence-electron chi connectivity index (χ0n) is 1.39. The van der Waals surface area contributed by atoms with Gasteiger partial charge in [-0.15, -0.1) is 0 Å². The van der Waals surface area contributed by atoms with E-state index in [1.165, 1.54) is 0 Å². The molecule has 0 amide bonds. The molecule has 0 atom stereocenters. The summed E-state index contributed by atoms with van der Waals surface area (Å²) >= 11 is 0. The normalized spacial score (nSPS) is 1.50. The maximum atomic E-state index is 6.00. The van der Waals surface area contributed by atoms with Crippen molar-refractivity contribution in [1.82, 2.24) is 0 Å². The molecule has 0 aliphatic rings. The van der Waals surface area contributed by atoms with Gasteiger partial charge in [-0.05, 0) is 0 Å². The van der Waals surface area contributed by atoms with Crippen LogP contribution in [0.2, 0.25) is 0 Å². The van der Waals surface area contributed by atoms with Crippen molar-refractivity contribution < 1.29 is 10.5 Å². The monoisotopic (exact) mass is 92.0 g/mol. The van der Waals surface area contributed by atoms with Crippen LogP contribution in [-0.2, 0) is 0 Å². The fraction of sp³-hybridized carbons (Fsp3) is 0. The number of hydrogen-bond donors (Lipinski definition) is 2. The molecule has 24 valence electrons. The van der Waals surface area contributed by atoms with Crippen molar-refractivity contribution in [2.45, 2.75) is 0 Å². The Morgan fingerprint density at radius 2 is 1.00 bits per heavy atom. The van der Waals surface area contributed by atoms with Crippen LogP contribution in [0.1, 0.15) is 0 Å². The Morgan fingerprint density at radius 3 is 1.00 bits per heavy atom. The average Bonchev–Trinajstić information content (AvgIpc) is 1.00. The molecule has 0 aromatic heterocycles. The third kappa shape index (κ3) is 10.4. The van der Waals surface area contributed by atoms with Crippen molar-refractivity contribution in [2.24, 2.45) is 0 Å². The summed E-state index contributed by atoms with van der Waals surface area (Å²) in [6, 6.07) is 0. The Balaban J connectivity index is -0.00000000500. The van der Waals surface area contributed by atoms with Crippen LogP contribution in [0.4, 0.5) is 0 Å². The van der Waals surface area contributed by atoms with Gasteiger partial charge in [-0.2, -0.15) is 13.5 Å².